The van der Waals surface area contributed by atoms with Gasteiger partial charge in [0.25, 0.3) is 0 Å². The van der Waals surface area contributed by atoms with E-state index in [4.69, 9.17) is 0 Å². The van der Waals surface area contributed by atoms with E-state index in [0.29, 0.717) is 0 Å². The number of fused-ring (bicyclic) bond motifs is 2. The van der Waals surface area contributed by atoms with Crippen molar-refractivity contribution in [2.75, 3.05) is 13.6 Å². The van der Waals surface area contributed by atoms with Crippen LogP contribution in [0.3, 0.4) is 0 Å². The van der Waals surface area contributed by atoms with Gasteiger partial charge in [-0.25, -0.2) is 0 Å². The molecule has 1 aromatic carbocycles. The van der Waals surface area contributed by atoms with Gasteiger partial charge in [0.05, 0.1) is 0 Å². The van der Waals surface area contributed by atoms with Crippen LogP contribution in [0.5, 0.6) is 0 Å². The molecule has 0 saturated carbocycles. The molecule has 3 rings (SSSR count). The summed E-state index contributed by atoms with van der Waals surface area (Å²) in [6, 6.07) is 8.71. The van der Waals surface area contributed by atoms with Crippen molar-refractivity contribution < 1.29 is 0 Å². The molecule has 0 radical (unpaired) electrons. The molecule has 0 unspecified atom stereocenters. The highest BCUT2D eigenvalue weighted by Gasteiger charge is 2.41. The van der Waals surface area contributed by atoms with Gasteiger partial charge in [-0.2, -0.15) is 0 Å². The number of likely N-dealkylation sites (N-methyl/N-ethyl adjacent to an activating group) is 1. The number of allylic oxidation sites excluding steroid dienone is 1. The minimum Gasteiger partial charge on any atom is -0.350 e. The average Bonchev–Trinajstić information content (AvgIpc) is 2.52. The van der Waals surface area contributed by atoms with E-state index < -0.39 is 0 Å². The molecule has 2 nitrogen and oxygen atoms in total. The number of hydrogen-bond donors (Lipinski definition) is 1. The van der Waals surface area contributed by atoms with E-state index in [2.05, 4.69) is 62.0 Å². The highest BCUT2D eigenvalue weighted by atomic mass is 15.2. The smallest absolute Gasteiger partial charge is 0.0365 e. The zero-order valence-corrected chi connectivity index (χ0v) is 11.4. The summed E-state index contributed by atoms with van der Waals surface area (Å²) in [6.07, 6.45) is 0. The molecular weight excluding hydrogens is 220 g/mol. The summed E-state index contributed by atoms with van der Waals surface area (Å²) in [5.41, 5.74) is 6.79. The van der Waals surface area contributed by atoms with Crippen LogP contribution in [0.1, 0.15) is 25.0 Å². The van der Waals surface area contributed by atoms with Crippen molar-refractivity contribution in [1.29, 1.82) is 0 Å². The van der Waals surface area contributed by atoms with Crippen LogP contribution in [0.25, 0.3) is 5.57 Å². The lowest BCUT2D eigenvalue weighted by atomic mass is 9.78. The van der Waals surface area contributed by atoms with Crippen LogP contribution in [-0.2, 0) is 6.54 Å². The molecule has 2 aliphatic heterocycles. The third-order valence-corrected chi connectivity index (χ3v) is 4.34. The minimum absolute atomic E-state index is 0.0200. The Kier molecular flexibility index (Phi) is 2.39. The maximum atomic E-state index is 4.27. The second kappa shape index (κ2) is 3.72. The Balaban J connectivity index is 2.27. The molecule has 0 saturated heterocycles. The SMILES string of the molecule is C=C1N(C)C2=C(c3ccccc3CNC2)C1(C)C. The first-order valence-corrected chi connectivity index (χ1v) is 6.49. The van der Waals surface area contributed by atoms with Crippen LogP contribution in [0, 0.1) is 5.41 Å². The van der Waals surface area contributed by atoms with Gasteiger partial charge in [0.1, 0.15) is 0 Å². The summed E-state index contributed by atoms with van der Waals surface area (Å²) < 4.78 is 0. The second-order valence-electron chi connectivity index (χ2n) is 5.71. The highest BCUT2D eigenvalue weighted by molar-refractivity contribution is 5.80. The van der Waals surface area contributed by atoms with Crippen LogP contribution in [0.15, 0.2) is 42.2 Å². The molecule has 2 aliphatic rings. The molecule has 0 fully saturated rings. The minimum atomic E-state index is 0.0200. The van der Waals surface area contributed by atoms with Crippen molar-refractivity contribution in [2.45, 2.75) is 20.4 Å². The molecule has 0 atom stereocenters. The lowest BCUT2D eigenvalue weighted by Crippen LogP contribution is -2.24. The zero-order chi connectivity index (χ0) is 12.9. The quantitative estimate of drug-likeness (QED) is 0.750. The van der Waals surface area contributed by atoms with E-state index in [1.807, 2.05) is 0 Å². The molecular formula is C16H20N2. The Morgan fingerprint density at radius 3 is 2.72 bits per heavy atom. The predicted molar refractivity (Wildman–Crippen MR) is 75.8 cm³/mol. The van der Waals surface area contributed by atoms with E-state index in [9.17, 15) is 0 Å². The molecule has 18 heavy (non-hydrogen) atoms. The fraction of sp³-hybridized carbons (Fsp3) is 0.375. The molecule has 1 aromatic rings. The number of nitrogens with one attached hydrogen (secondary N) is 1. The molecule has 1 N–H and O–H groups in total. The van der Waals surface area contributed by atoms with E-state index >= 15 is 0 Å². The van der Waals surface area contributed by atoms with Crippen molar-refractivity contribution >= 4 is 5.57 Å². The van der Waals surface area contributed by atoms with E-state index in [1.165, 1.54) is 28.1 Å². The summed E-state index contributed by atoms with van der Waals surface area (Å²) in [4.78, 5) is 2.25. The van der Waals surface area contributed by atoms with Crippen molar-refractivity contribution in [3.05, 3.63) is 53.4 Å². The van der Waals surface area contributed by atoms with Crippen LogP contribution in [-0.4, -0.2) is 18.5 Å². The molecule has 0 aliphatic carbocycles. The number of benzene rings is 1. The van der Waals surface area contributed by atoms with Gasteiger partial charge >= 0.3 is 0 Å². The van der Waals surface area contributed by atoms with E-state index in [1.54, 1.807) is 0 Å². The third-order valence-electron chi connectivity index (χ3n) is 4.34. The zero-order valence-electron chi connectivity index (χ0n) is 11.4. The summed E-state index contributed by atoms with van der Waals surface area (Å²) in [6.45, 7) is 10.7. The maximum absolute atomic E-state index is 4.27. The molecule has 2 heteroatoms. The molecule has 0 aromatic heterocycles. The fourth-order valence-corrected chi connectivity index (χ4v) is 3.19. The van der Waals surface area contributed by atoms with Gasteiger partial charge in [-0.3, -0.25) is 0 Å². The van der Waals surface area contributed by atoms with Crippen LogP contribution >= 0.6 is 0 Å². The number of nitrogens with zero attached hydrogens (tertiary/aromatic N) is 1. The van der Waals surface area contributed by atoms with Gasteiger partial charge in [0, 0.05) is 36.9 Å². The Morgan fingerprint density at radius 2 is 1.94 bits per heavy atom. The maximum Gasteiger partial charge on any atom is 0.0365 e. The summed E-state index contributed by atoms with van der Waals surface area (Å²) in [5.74, 6) is 0. The molecule has 0 amide bonds. The van der Waals surface area contributed by atoms with E-state index in [-0.39, 0.29) is 5.41 Å². The lowest BCUT2D eigenvalue weighted by molar-refractivity contribution is 0.441. The topological polar surface area (TPSA) is 15.3 Å². The van der Waals surface area contributed by atoms with Gasteiger partial charge in [-0.15, -0.1) is 0 Å². The highest BCUT2D eigenvalue weighted by Crippen LogP contribution is 2.51. The van der Waals surface area contributed by atoms with Crippen LogP contribution < -0.4 is 5.32 Å². The van der Waals surface area contributed by atoms with Gasteiger partial charge < -0.3 is 10.2 Å². The van der Waals surface area contributed by atoms with Crippen molar-refractivity contribution in [3.63, 3.8) is 0 Å². The van der Waals surface area contributed by atoms with Crippen LogP contribution in [0.2, 0.25) is 0 Å². The number of hydrogen-bond acceptors (Lipinski definition) is 2. The van der Waals surface area contributed by atoms with Crippen molar-refractivity contribution in [2.24, 2.45) is 5.41 Å². The molecule has 2 heterocycles. The fourth-order valence-electron chi connectivity index (χ4n) is 3.19. The Morgan fingerprint density at radius 1 is 1.22 bits per heavy atom. The summed E-state index contributed by atoms with van der Waals surface area (Å²) in [7, 11) is 2.13. The first-order valence-electron chi connectivity index (χ1n) is 6.49. The molecule has 94 valence electrons. The Hall–Kier alpha value is -1.54. The first-order chi connectivity index (χ1) is 8.53. The molecule has 0 bridgehead atoms. The molecule has 0 spiro atoms. The Bertz CT molecular complexity index is 552. The van der Waals surface area contributed by atoms with Crippen molar-refractivity contribution in [3.8, 4) is 0 Å². The first kappa shape index (κ1) is 11.5. The van der Waals surface area contributed by atoms with Crippen LogP contribution in [0.4, 0.5) is 0 Å². The monoisotopic (exact) mass is 240 g/mol. The van der Waals surface area contributed by atoms with E-state index in [0.717, 1.165) is 13.1 Å². The van der Waals surface area contributed by atoms with Gasteiger partial charge in [0.15, 0.2) is 0 Å². The standard InChI is InChI=1S/C16H20N2/c1-11-16(2,3)15-13-8-6-5-7-12(13)9-17-10-14(15)18(11)4/h5-8,17H,1,9-10H2,2-4H3. The predicted octanol–water partition coefficient (Wildman–Crippen LogP) is 2.99. The number of rotatable bonds is 0. The normalized spacial score (nSPS) is 21.7. The van der Waals surface area contributed by atoms with Crippen molar-refractivity contribution in [1.82, 2.24) is 10.2 Å². The second-order valence-corrected chi connectivity index (χ2v) is 5.71. The van der Waals surface area contributed by atoms with Gasteiger partial charge in [-0.05, 0) is 16.7 Å². The lowest BCUT2D eigenvalue weighted by Gasteiger charge is -2.27. The summed E-state index contributed by atoms with van der Waals surface area (Å²) >= 11 is 0. The third kappa shape index (κ3) is 1.39. The average molecular weight is 240 g/mol. The van der Waals surface area contributed by atoms with Gasteiger partial charge in [0.2, 0.25) is 0 Å². The summed E-state index contributed by atoms with van der Waals surface area (Å²) in [5, 5.41) is 3.52. The Labute approximate surface area is 109 Å². The van der Waals surface area contributed by atoms with Gasteiger partial charge in [-0.1, -0.05) is 44.7 Å². The largest absolute Gasteiger partial charge is 0.350 e.